The molecule has 6 heteroatoms. The van der Waals surface area contributed by atoms with E-state index in [1.54, 1.807) is 26.0 Å². The van der Waals surface area contributed by atoms with Crippen LogP contribution in [-0.2, 0) is 11.2 Å². The SMILES string of the molecule is CCCCCCc1ccc2ccccc2c1C(N1NC(=O)CC1(C)C)C(F)(F)F. The molecule has 1 atom stereocenters. The highest BCUT2D eigenvalue weighted by Crippen LogP contribution is 2.46. The van der Waals surface area contributed by atoms with Crippen LogP contribution in [0.3, 0.4) is 0 Å². The van der Waals surface area contributed by atoms with E-state index in [0.717, 1.165) is 36.1 Å². The van der Waals surface area contributed by atoms with E-state index in [1.165, 1.54) is 0 Å². The number of hydrazine groups is 1. The third-order valence-corrected chi connectivity index (χ3v) is 5.69. The molecule has 3 rings (SSSR count). The molecule has 0 spiro atoms. The number of rotatable bonds is 7. The Bertz CT molecular complexity index is 876. The van der Waals surface area contributed by atoms with Crippen LogP contribution in [0.15, 0.2) is 36.4 Å². The molecule has 1 unspecified atom stereocenters. The van der Waals surface area contributed by atoms with Crippen molar-refractivity contribution in [1.82, 2.24) is 10.4 Å². The van der Waals surface area contributed by atoms with E-state index < -0.39 is 17.8 Å². The maximum atomic E-state index is 14.5. The number of hydrogen-bond donors (Lipinski definition) is 1. The Morgan fingerprint density at radius 3 is 2.45 bits per heavy atom. The van der Waals surface area contributed by atoms with Crippen molar-refractivity contribution >= 4 is 16.7 Å². The first-order valence-corrected chi connectivity index (χ1v) is 10.3. The zero-order valence-corrected chi connectivity index (χ0v) is 17.3. The molecule has 0 radical (unpaired) electrons. The van der Waals surface area contributed by atoms with E-state index in [2.05, 4.69) is 12.3 Å². The summed E-state index contributed by atoms with van der Waals surface area (Å²) in [6.07, 6.45) is 0.0812. The number of halogens is 3. The van der Waals surface area contributed by atoms with Crippen molar-refractivity contribution in [2.75, 3.05) is 0 Å². The zero-order chi connectivity index (χ0) is 21.2. The molecular formula is C23H29F3N2O. The monoisotopic (exact) mass is 406 g/mol. The van der Waals surface area contributed by atoms with Crippen molar-refractivity contribution < 1.29 is 18.0 Å². The fourth-order valence-corrected chi connectivity index (χ4v) is 4.28. The van der Waals surface area contributed by atoms with Crippen LogP contribution in [0.5, 0.6) is 0 Å². The van der Waals surface area contributed by atoms with Gasteiger partial charge in [-0.2, -0.15) is 18.2 Å². The Kier molecular flexibility index (Phi) is 6.22. The summed E-state index contributed by atoms with van der Waals surface area (Å²) >= 11 is 0. The Morgan fingerprint density at radius 1 is 1.10 bits per heavy atom. The average molecular weight is 406 g/mol. The van der Waals surface area contributed by atoms with Gasteiger partial charge in [-0.3, -0.25) is 10.2 Å². The van der Waals surface area contributed by atoms with Crippen molar-refractivity contribution in [2.24, 2.45) is 0 Å². The van der Waals surface area contributed by atoms with Gasteiger partial charge in [-0.15, -0.1) is 0 Å². The van der Waals surface area contributed by atoms with Gasteiger partial charge in [-0.1, -0.05) is 62.6 Å². The number of carbonyl (C=O) groups excluding carboxylic acids is 1. The lowest BCUT2D eigenvalue weighted by molar-refractivity contribution is -0.203. The molecule has 1 heterocycles. The molecule has 1 N–H and O–H groups in total. The van der Waals surface area contributed by atoms with Gasteiger partial charge in [0.1, 0.15) is 0 Å². The van der Waals surface area contributed by atoms with Gasteiger partial charge in [-0.05, 0) is 48.6 Å². The summed E-state index contributed by atoms with van der Waals surface area (Å²) in [6, 6.07) is 9.02. The predicted octanol–water partition coefficient (Wildman–Crippen LogP) is 6.08. The molecule has 2 aromatic rings. The second kappa shape index (κ2) is 8.34. The standard InChI is InChI=1S/C23H29F3N2O/c1-4-5-6-7-11-17-14-13-16-10-8-9-12-18(16)20(17)21(23(24,25)26)28-22(2,3)15-19(29)27-28/h8-10,12-14,21H,4-7,11,15H2,1-3H3,(H,27,29). The first kappa shape index (κ1) is 21.6. The van der Waals surface area contributed by atoms with Crippen LogP contribution in [0.2, 0.25) is 0 Å². The molecular weight excluding hydrogens is 377 g/mol. The van der Waals surface area contributed by atoms with Crippen molar-refractivity contribution in [3.63, 3.8) is 0 Å². The molecule has 0 aromatic heterocycles. The van der Waals surface area contributed by atoms with Gasteiger partial charge in [0.05, 0.1) is 0 Å². The predicted molar refractivity (Wildman–Crippen MR) is 109 cm³/mol. The Labute approximate surface area is 170 Å². The molecule has 1 aliphatic rings. The van der Waals surface area contributed by atoms with Crippen LogP contribution >= 0.6 is 0 Å². The molecule has 3 nitrogen and oxygen atoms in total. The second-order valence-corrected chi connectivity index (χ2v) is 8.51. The van der Waals surface area contributed by atoms with Crippen LogP contribution in [-0.4, -0.2) is 22.6 Å². The zero-order valence-electron chi connectivity index (χ0n) is 17.3. The van der Waals surface area contributed by atoms with Crippen molar-refractivity contribution in [3.05, 3.63) is 47.5 Å². The fourth-order valence-electron chi connectivity index (χ4n) is 4.28. The average Bonchev–Trinajstić information content (AvgIpc) is 2.91. The first-order chi connectivity index (χ1) is 13.6. The highest BCUT2D eigenvalue weighted by atomic mass is 19.4. The summed E-state index contributed by atoms with van der Waals surface area (Å²) in [7, 11) is 0. The van der Waals surface area contributed by atoms with Gasteiger partial charge >= 0.3 is 6.18 Å². The van der Waals surface area contributed by atoms with Gasteiger partial charge in [0.25, 0.3) is 0 Å². The molecule has 1 amide bonds. The molecule has 1 saturated heterocycles. The van der Waals surface area contributed by atoms with Gasteiger partial charge < -0.3 is 0 Å². The van der Waals surface area contributed by atoms with E-state index in [-0.39, 0.29) is 17.9 Å². The van der Waals surface area contributed by atoms with Crippen LogP contribution < -0.4 is 5.43 Å². The minimum absolute atomic E-state index is 0.0379. The van der Waals surface area contributed by atoms with Crippen molar-refractivity contribution in [3.8, 4) is 0 Å². The maximum Gasteiger partial charge on any atom is 0.409 e. The van der Waals surface area contributed by atoms with E-state index in [9.17, 15) is 18.0 Å². The molecule has 1 aliphatic heterocycles. The molecule has 0 bridgehead atoms. The van der Waals surface area contributed by atoms with Gasteiger partial charge in [0, 0.05) is 12.0 Å². The number of amides is 1. The second-order valence-electron chi connectivity index (χ2n) is 8.51. The number of nitrogens with one attached hydrogen (secondary N) is 1. The number of fused-ring (bicyclic) bond motifs is 1. The van der Waals surface area contributed by atoms with Gasteiger partial charge in [-0.25, -0.2) is 0 Å². The number of hydrogen-bond acceptors (Lipinski definition) is 2. The Morgan fingerprint density at radius 2 is 1.83 bits per heavy atom. The highest BCUT2D eigenvalue weighted by molar-refractivity contribution is 5.87. The van der Waals surface area contributed by atoms with Crippen LogP contribution in [0, 0.1) is 0 Å². The van der Waals surface area contributed by atoms with Crippen LogP contribution in [0.25, 0.3) is 10.8 Å². The molecule has 2 aromatic carbocycles. The maximum absolute atomic E-state index is 14.5. The summed E-state index contributed by atoms with van der Waals surface area (Å²) in [6.45, 7) is 5.46. The van der Waals surface area contributed by atoms with Crippen LogP contribution in [0.1, 0.15) is 70.0 Å². The number of benzene rings is 2. The molecule has 0 saturated carbocycles. The van der Waals surface area contributed by atoms with E-state index in [1.807, 2.05) is 24.3 Å². The first-order valence-electron chi connectivity index (χ1n) is 10.3. The lowest BCUT2D eigenvalue weighted by Gasteiger charge is -2.39. The summed E-state index contributed by atoms with van der Waals surface area (Å²) < 4.78 is 43.5. The van der Waals surface area contributed by atoms with Crippen molar-refractivity contribution in [2.45, 2.75) is 77.1 Å². The Balaban J connectivity index is 2.15. The largest absolute Gasteiger partial charge is 0.409 e. The lowest BCUT2D eigenvalue weighted by atomic mass is 9.88. The molecule has 0 aliphatic carbocycles. The molecule has 158 valence electrons. The Hall–Kier alpha value is -2.08. The van der Waals surface area contributed by atoms with Crippen molar-refractivity contribution in [1.29, 1.82) is 0 Å². The fraction of sp³-hybridized carbons (Fsp3) is 0.522. The number of carbonyl (C=O) groups is 1. The third-order valence-electron chi connectivity index (χ3n) is 5.69. The van der Waals surface area contributed by atoms with Gasteiger partial charge in [0.15, 0.2) is 6.04 Å². The molecule has 29 heavy (non-hydrogen) atoms. The quantitative estimate of drug-likeness (QED) is 0.565. The molecule has 1 fully saturated rings. The summed E-state index contributed by atoms with van der Waals surface area (Å²) in [5, 5.41) is 2.49. The number of aryl methyl sites for hydroxylation is 1. The normalized spacial score (nSPS) is 18.2. The minimum atomic E-state index is -4.53. The topological polar surface area (TPSA) is 32.3 Å². The van der Waals surface area contributed by atoms with E-state index in [4.69, 9.17) is 0 Å². The lowest BCUT2D eigenvalue weighted by Crippen LogP contribution is -2.51. The smallest absolute Gasteiger partial charge is 0.287 e. The number of unbranched alkanes of at least 4 members (excludes halogenated alkanes) is 3. The number of alkyl halides is 3. The van der Waals surface area contributed by atoms with Crippen LogP contribution in [0.4, 0.5) is 13.2 Å². The minimum Gasteiger partial charge on any atom is -0.287 e. The van der Waals surface area contributed by atoms with E-state index in [0.29, 0.717) is 17.4 Å². The van der Waals surface area contributed by atoms with E-state index >= 15 is 0 Å². The highest BCUT2D eigenvalue weighted by Gasteiger charge is 2.53. The summed E-state index contributed by atoms with van der Waals surface area (Å²) in [4.78, 5) is 12.0. The third kappa shape index (κ3) is 4.58. The number of nitrogens with zero attached hydrogens (tertiary/aromatic N) is 1. The van der Waals surface area contributed by atoms with Gasteiger partial charge in [0.2, 0.25) is 5.91 Å². The summed E-state index contributed by atoms with van der Waals surface area (Å²) in [5.41, 5.74) is 2.53. The summed E-state index contributed by atoms with van der Waals surface area (Å²) in [5.74, 6) is -0.381.